The normalized spacial score (nSPS) is 39.1. The third-order valence-electron chi connectivity index (χ3n) is 3.44. The lowest BCUT2D eigenvalue weighted by molar-refractivity contribution is -0.170. The van der Waals surface area contributed by atoms with E-state index in [2.05, 4.69) is 0 Å². The molecule has 15 heavy (non-hydrogen) atoms. The second-order valence-corrected chi connectivity index (χ2v) is 4.52. The molecule has 0 aliphatic carbocycles. The molecule has 2 saturated heterocycles. The van der Waals surface area contributed by atoms with Crippen LogP contribution in [0, 0.1) is 5.41 Å². The van der Waals surface area contributed by atoms with Gasteiger partial charge in [0, 0.05) is 0 Å². The Balaban J connectivity index is 2.11. The Morgan fingerprint density at radius 1 is 1.47 bits per heavy atom. The molecular weight excluding hydrogens is 196 g/mol. The zero-order valence-corrected chi connectivity index (χ0v) is 9.07. The van der Waals surface area contributed by atoms with Gasteiger partial charge in [-0.25, -0.2) is 0 Å². The summed E-state index contributed by atoms with van der Waals surface area (Å²) >= 11 is 0. The fourth-order valence-electron chi connectivity index (χ4n) is 2.68. The lowest BCUT2D eigenvalue weighted by Crippen LogP contribution is -2.45. The number of aliphatic hydroxyl groups excluding tert-OH is 1. The van der Waals surface area contributed by atoms with E-state index in [1.807, 2.05) is 0 Å². The maximum absolute atomic E-state index is 11.8. The lowest BCUT2D eigenvalue weighted by Gasteiger charge is -2.36. The summed E-state index contributed by atoms with van der Waals surface area (Å²) in [5.41, 5.74) is -0.694. The summed E-state index contributed by atoms with van der Waals surface area (Å²) in [7, 11) is 0. The smallest absolute Gasteiger partial charge is 0.314 e. The average Bonchev–Trinajstić information content (AvgIpc) is 2.58. The summed E-state index contributed by atoms with van der Waals surface area (Å²) in [6.07, 6.45) is 3.51. The van der Waals surface area contributed by atoms with Crippen LogP contribution in [0.5, 0.6) is 0 Å². The van der Waals surface area contributed by atoms with E-state index in [0.29, 0.717) is 19.4 Å². The number of aliphatic hydroxyl groups is 1. The summed E-state index contributed by atoms with van der Waals surface area (Å²) < 4.78 is 10.7. The van der Waals surface area contributed by atoms with Crippen molar-refractivity contribution in [1.82, 2.24) is 0 Å². The second-order valence-electron chi connectivity index (χ2n) is 4.52. The van der Waals surface area contributed by atoms with E-state index in [4.69, 9.17) is 9.47 Å². The van der Waals surface area contributed by atoms with Gasteiger partial charge in [-0.05, 0) is 32.6 Å². The Morgan fingerprint density at radius 3 is 2.53 bits per heavy atom. The first kappa shape index (κ1) is 10.9. The van der Waals surface area contributed by atoms with Gasteiger partial charge in [0.05, 0.1) is 30.8 Å². The molecule has 0 aromatic rings. The molecule has 0 saturated carbocycles. The van der Waals surface area contributed by atoms with Gasteiger partial charge in [-0.2, -0.15) is 0 Å². The average molecular weight is 214 g/mol. The van der Waals surface area contributed by atoms with Crippen LogP contribution >= 0.6 is 0 Å². The molecule has 0 unspecified atom stereocenters. The third kappa shape index (κ3) is 1.88. The molecule has 2 aliphatic rings. The topological polar surface area (TPSA) is 55.8 Å². The summed E-state index contributed by atoms with van der Waals surface area (Å²) in [5.74, 6) is -0.257. The Kier molecular flexibility index (Phi) is 2.98. The fraction of sp³-hybridized carbons (Fsp3) is 0.909. The van der Waals surface area contributed by atoms with Crippen LogP contribution in [0.15, 0.2) is 0 Å². The van der Waals surface area contributed by atoms with Crippen molar-refractivity contribution in [2.24, 2.45) is 5.41 Å². The third-order valence-corrected chi connectivity index (χ3v) is 3.44. The molecule has 1 N–H and O–H groups in total. The van der Waals surface area contributed by atoms with E-state index in [-0.39, 0.29) is 24.8 Å². The van der Waals surface area contributed by atoms with E-state index in [1.54, 1.807) is 6.92 Å². The van der Waals surface area contributed by atoms with Gasteiger partial charge in [-0.3, -0.25) is 4.79 Å². The predicted molar refractivity (Wildman–Crippen MR) is 53.3 cm³/mol. The minimum atomic E-state index is -0.694. The van der Waals surface area contributed by atoms with Crippen LogP contribution in [0.2, 0.25) is 0 Å². The monoisotopic (exact) mass is 214 g/mol. The number of ether oxygens (including phenoxy) is 2. The van der Waals surface area contributed by atoms with Gasteiger partial charge < -0.3 is 14.6 Å². The Morgan fingerprint density at radius 2 is 2.07 bits per heavy atom. The zero-order valence-electron chi connectivity index (χ0n) is 9.07. The lowest BCUT2D eigenvalue weighted by atomic mass is 9.78. The van der Waals surface area contributed by atoms with Crippen molar-refractivity contribution in [3.05, 3.63) is 0 Å². The molecular formula is C11H18O4. The predicted octanol–water partition coefficient (Wildman–Crippen LogP) is 0.870. The maximum Gasteiger partial charge on any atom is 0.314 e. The fourth-order valence-corrected chi connectivity index (χ4v) is 2.68. The molecule has 2 heterocycles. The highest BCUT2D eigenvalue weighted by Crippen LogP contribution is 2.44. The van der Waals surface area contributed by atoms with Gasteiger partial charge in [0.25, 0.3) is 0 Å². The SMILES string of the molecule is CCOC(=O)[C@@]1(CO)C[C@H]2CC[C@@H](C1)O2. The number of rotatable bonds is 3. The number of hydrogen-bond acceptors (Lipinski definition) is 4. The second kappa shape index (κ2) is 4.10. The van der Waals surface area contributed by atoms with Crippen molar-refractivity contribution in [2.45, 2.75) is 44.8 Å². The summed E-state index contributed by atoms with van der Waals surface area (Å²) in [5, 5.41) is 9.45. The summed E-state index contributed by atoms with van der Waals surface area (Å²) in [4.78, 5) is 11.8. The summed E-state index contributed by atoms with van der Waals surface area (Å²) in [6.45, 7) is 2.04. The van der Waals surface area contributed by atoms with E-state index in [9.17, 15) is 9.90 Å². The first-order chi connectivity index (χ1) is 7.20. The highest BCUT2D eigenvalue weighted by Gasteiger charge is 2.50. The van der Waals surface area contributed by atoms with Gasteiger partial charge in [0.15, 0.2) is 0 Å². The van der Waals surface area contributed by atoms with Crippen LogP contribution in [0.4, 0.5) is 0 Å². The molecule has 2 fully saturated rings. The first-order valence-corrected chi connectivity index (χ1v) is 5.64. The van der Waals surface area contributed by atoms with Crippen LogP contribution in [0.25, 0.3) is 0 Å². The highest BCUT2D eigenvalue weighted by atomic mass is 16.5. The molecule has 0 radical (unpaired) electrons. The zero-order chi connectivity index (χ0) is 10.9. The molecule has 3 atom stereocenters. The molecule has 0 aromatic carbocycles. The Labute approximate surface area is 89.6 Å². The molecule has 4 heteroatoms. The van der Waals surface area contributed by atoms with Gasteiger partial charge >= 0.3 is 5.97 Å². The minimum absolute atomic E-state index is 0.123. The van der Waals surface area contributed by atoms with Crippen LogP contribution < -0.4 is 0 Å². The van der Waals surface area contributed by atoms with Crippen LogP contribution in [-0.2, 0) is 14.3 Å². The Hall–Kier alpha value is -0.610. The van der Waals surface area contributed by atoms with Crippen LogP contribution in [0.3, 0.4) is 0 Å². The molecule has 4 nitrogen and oxygen atoms in total. The molecule has 2 bridgehead atoms. The quantitative estimate of drug-likeness (QED) is 0.708. The van der Waals surface area contributed by atoms with Gasteiger partial charge in [-0.15, -0.1) is 0 Å². The van der Waals surface area contributed by atoms with E-state index >= 15 is 0 Å². The molecule has 0 aromatic heterocycles. The molecule has 2 rings (SSSR count). The highest BCUT2D eigenvalue weighted by molar-refractivity contribution is 5.77. The van der Waals surface area contributed by atoms with Crippen molar-refractivity contribution in [3.63, 3.8) is 0 Å². The number of carbonyl (C=O) groups excluding carboxylic acids is 1. The van der Waals surface area contributed by atoms with Crippen molar-refractivity contribution < 1.29 is 19.4 Å². The van der Waals surface area contributed by atoms with Gasteiger partial charge in [-0.1, -0.05) is 0 Å². The van der Waals surface area contributed by atoms with Crippen LogP contribution in [-0.4, -0.2) is 36.5 Å². The van der Waals surface area contributed by atoms with E-state index < -0.39 is 5.41 Å². The van der Waals surface area contributed by atoms with Crippen LogP contribution in [0.1, 0.15) is 32.6 Å². The van der Waals surface area contributed by atoms with Crippen molar-refractivity contribution in [1.29, 1.82) is 0 Å². The van der Waals surface area contributed by atoms with Gasteiger partial charge in [0.2, 0.25) is 0 Å². The molecule has 0 amide bonds. The standard InChI is InChI=1S/C11H18O4/c1-2-14-10(13)11(7-12)5-8-3-4-9(6-11)15-8/h8-9,12H,2-7H2,1H3/t8-,9+,11+. The molecule has 86 valence electrons. The number of carbonyl (C=O) groups is 1. The Bertz CT molecular complexity index is 239. The maximum atomic E-state index is 11.8. The first-order valence-electron chi connectivity index (χ1n) is 5.64. The number of hydrogen-bond donors (Lipinski definition) is 1. The van der Waals surface area contributed by atoms with Crippen molar-refractivity contribution in [3.8, 4) is 0 Å². The summed E-state index contributed by atoms with van der Waals surface area (Å²) in [6, 6.07) is 0. The van der Waals surface area contributed by atoms with E-state index in [0.717, 1.165) is 12.8 Å². The van der Waals surface area contributed by atoms with Crippen molar-refractivity contribution >= 4 is 5.97 Å². The van der Waals surface area contributed by atoms with Crippen molar-refractivity contribution in [2.75, 3.05) is 13.2 Å². The number of esters is 1. The van der Waals surface area contributed by atoms with E-state index in [1.165, 1.54) is 0 Å². The van der Waals surface area contributed by atoms with Gasteiger partial charge in [0.1, 0.15) is 0 Å². The largest absolute Gasteiger partial charge is 0.465 e. The number of fused-ring (bicyclic) bond motifs is 2. The molecule has 2 aliphatic heterocycles. The molecule has 0 spiro atoms. The minimum Gasteiger partial charge on any atom is -0.465 e.